The van der Waals surface area contributed by atoms with Gasteiger partial charge < -0.3 is 14.7 Å². The summed E-state index contributed by atoms with van der Waals surface area (Å²) in [6.07, 6.45) is 4.58. The van der Waals surface area contributed by atoms with Gasteiger partial charge in [-0.2, -0.15) is 0 Å². The van der Waals surface area contributed by atoms with Gasteiger partial charge in [-0.05, 0) is 30.0 Å². The average Bonchev–Trinajstić information content (AvgIpc) is 2.87. The smallest absolute Gasteiger partial charge is 0.411 e. The summed E-state index contributed by atoms with van der Waals surface area (Å²) in [4.78, 5) is 41.1. The lowest BCUT2D eigenvalue weighted by molar-refractivity contribution is -0.154. The Bertz CT molecular complexity index is 828. The molecule has 2 saturated heterocycles. The van der Waals surface area contributed by atoms with E-state index in [1.165, 1.54) is 17.2 Å². The maximum atomic E-state index is 12.4. The molecule has 3 rings (SSSR count). The Morgan fingerprint density at radius 3 is 2.81 bits per heavy atom. The van der Waals surface area contributed by atoms with Gasteiger partial charge in [-0.3, -0.25) is 15.1 Å². The van der Waals surface area contributed by atoms with Crippen LogP contribution in [0.2, 0.25) is 0 Å². The molecule has 0 spiro atoms. The van der Waals surface area contributed by atoms with Crippen molar-refractivity contribution in [1.82, 2.24) is 9.88 Å². The quantitative estimate of drug-likeness (QED) is 0.467. The van der Waals surface area contributed by atoms with Crippen LogP contribution in [0.15, 0.2) is 36.6 Å². The Morgan fingerprint density at radius 2 is 2.22 bits per heavy atom. The number of aliphatic carboxylic acids is 1. The van der Waals surface area contributed by atoms with E-state index in [2.05, 4.69) is 16.9 Å². The van der Waals surface area contributed by atoms with Gasteiger partial charge in [-0.15, -0.1) is 0 Å². The first-order valence-electron chi connectivity index (χ1n) is 8.52. The number of ether oxygens (including phenoxy) is 1. The normalized spacial score (nSPS) is 24.1. The Labute approximate surface area is 156 Å². The number of hydrogen-bond donors (Lipinski definition) is 2. The number of aromatic nitrogens is 1. The summed E-state index contributed by atoms with van der Waals surface area (Å²) in [5.74, 6) is -1.25. The maximum absolute atomic E-state index is 12.4. The van der Waals surface area contributed by atoms with Crippen LogP contribution in [-0.4, -0.2) is 51.7 Å². The van der Waals surface area contributed by atoms with Crippen molar-refractivity contribution in [2.24, 2.45) is 5.41 Å². The van der Waals surface area contributed by atoms with E-state index in [0.29, 0.717) is 23.4 Å². The van der Waals surface area contributed by atoms with Crippen LogP contribution in [0.25, 0.3) is 6.08 Å². The minimum absolute atomic E-state index is 0.108. The number of nitrogens with one attached hydrogen (secondary N) is 1. The molecule has 142 valence electrons. The Hall–Kier alpha value is -3.16. The first-order valence-corrected chi connectivity index (χ1v) is 8.52. The zero-order valence-electron chi connectivity index (χ0n) is 15.1. The summed E-state index contributed by atoms with van der Waals surface area (Å²) < 4.78 is 4.82. The molecule has 1 aromatic rings. The van der Waals surface area contributed by atoms with E-state index in [1.807, 2.05) is 13.8 Å². The minimum atomic E-state index is -0.980. The van der Waals surface area contributed by atoms with Crippen molar-refractivity contribution >= 4 is 29.7 Å². The van der Waals surface area contributed by atoms with Crippen LogP contribution in [0, 0.1) is 5.41 Å². The number of carboxylic acid groups (broad SMARTS) is 1. The van der Waals surface area contributed by atoms with Crippen molar-refractivity contribution in [3.63, 3.8) is 0 Å². The molecular formula is C19H21N3O5. The number of carboxylic acids is 1. The molecule has 0 radical (unpaired) electrons. The van der Waals surface area contributed by atoms with Crippen LogP contribution in [0.5, 0.6) is 0 Å². The summed E-state index contributed by atoms with van der Waals surface area (Å²) in [6.45, 7) is 7.29. The van der Waals surface area contributed by atoms with Gasteiger partial charge in [0, 0.05) is 5.57 Å². The predicted molar refractivity (Wildman–Crippen MR) is 97.8 cm³/mol. The van der Waals surface area contributed by atoms with Crippen molar-refractivity contribution in [3.8, 4) is 0 Å². The largest absolute Gasteiger partial charge is 0.480 e. The molecule has 2 amide bonds. The third-order valence-electron chi connectivity index (χ3n) is 4.82. The van der Waals surface area contributed by atoms with E-state index in [9.17, 15) is 19.5 Å². The molecule has 2 aliphatic heterocycles. The second-order valence-corrected chi connectivity index (χ2v) is 7.25. The second kappa shape index (κ2) is 6.86. The molecule has 3 heterocycles. The van der Waals surface area contributed by atoms with Gasteiger partial charge in [0.1, 0.15) is 12.6 Å². The molecule has 2 atom stereocenters. The molecule has 0 aromatic carbocycles. The third-order valence-corrected chi connectivity index (χ3v) is 4.82. The van der Waals surface area contributed by atoms with Crippen LogP contribution in [0.4, 0.5) is 10.5 Å². The molecule has 1 unspecified atom stereocenters. The fourth-order valence-electron chi connectivity index (χ4n) is 3.63. The average molecular weight is 371 g/mol. The monoisotopic (exact) mass is 371 g/mol. The molecule has 0 bridgehead atoms. The Balaban J connectivity index is 1.71. The minimum Gasteiger partial charge on any atom is -0.480 e. The molecule has 27 heavy (non-hydrogen) atoms. The summed E-state index contributed by atoms with van der Waals surface area (Å²) in [5.41, 5.74) is 1.08. The zero-order chi connectivity index (χ0) is 19.8. The second-order valence-electron chi connectivity index (χ2n) is 7.25. The molecule has 8 heteroatoms. The van der Waals surface area contributed by atoms with E-state index in [1.54, 1.807) is 18.2 Å². The summed E-state index contributed by atoms with van der Waals surface area (Å²) in [7, 11) is 0. The predicted octanol–water partition coefficient (Wildman–Crippen LogP) is 2.29. The highest BCUT2D eigenvalue weighted by Crippen LogP contribution is 2.49. The fourth-order valence-corrected chi connectivity index (χ4v) is 3.63. The lowest BCUT2D eigenvalue weighted by atomic mass is 9.83. The molecule has 0 saturated carbocycles. The number of anilines is 1. The van der Waals surface area contributed by atoms with Crippen molar-refractivity contribution in [3.05, 3.63) is 42.3 Å². The van der Waals surface area contributed by atoms with Gasteiger partial charge in [-0.25, -0.2) is 9.59 Å². The molecule has 2 aliphatic rings. The number of carbonyl (C=O) groups excluding carboxylic acids is 2. The van der Waals surface area contributed by atoms with Crippen molar-refractivity contribution in [2.75, 3.05) is 11.9 Å². The third kappa shape index (κ3) is 3.42. The van der Waals surface area contributed by atoms with Gasteiger partial charge in [0.25, 0.3) is 5.91 Å². The molecular weight excluding hydrogens is 350 g/mol. The van der Waals surface area contributed by atoms with E-state index in [-0.39, 0.29) is 18.6 Å². The number of nitrogens with zero attached hydrogens (tertiary/aromatic N) is 2. The lowest BCUT2D eigenvalue weighted by Crippen LogP contribution is -2.57. The molecule has 8 nitrogen and oxygen atoms in total. The van der Waals surface area contributed by atoms with Crippen LogP contribution in [0.1, 0.15) is 26.0 Å². The van der Waals surface area contributed by atoms with E-state index >= 15 is 0 Å². The lowest BCUT2D eigenvalue weighted by Gasteiger charge is -2.40. The number of pyridine rings is 1. The number of carbonyl (C=O) groups is 3. The first kappa shape index (κ1) is 18.6. The maximum Gasteiger partial charge on any atom is 0.411 e. The van der Waals surface area contributed by atoms with Crippen molar-refractivity contribution in [2.45, 2.75) is 32.4 Å². The Morgan fingerprint density at radius 1 is 1.48 bits per heavy atom. The molecule has 2 N–H and O–H groups in total. The SMILES string of the molecule is C=CCOC(=O)Nc1ccc(/C=C2/C(=O)N3C2CC(C)(C)[C@@H]3C(=O)O)nc1. The molecule has 1 aromatic heterocycles. The number of rotatable bonds is 5. The fraction of sp³-hybridized carbons (Fsp3) is 0.368. The standard InChI is InChI=1S/C19H21N3O5/c1-4-7-27-18(26)21-12-6-5-11(20-10-12)8-13-14-9-19(2,3)15(17(24)25)22(14)16(13)23/h4-6,8,10,14-15H,1,7,9H2,2-3H3,(H,21,26)(H,24,25)/b13-8+/t14?,15-/m0/s1. The van der Waals surface area contributed by atoms with Gasteiger partial charge in [0.05, 0.1) is 23.6 Å². The van der Waals surface area contributed by atoms with E-state index < -0.39 is 23.5 Å². The van der Waals surface area contributed by atoms with Gasteiger partial charge in [0.2, 0.25) is 0 Å². The number of amides is 2. The highest BCUT2D eigenvalue weighted by molar-refractivity contribution is 6.08. The van der Waals surface area contributed by atoms with Gasteiger partial charge in [-0.1, -0.05) is 26.5 Å². The van der Waals surface area contributed by atoms with Crippen LogP contribution in [0.3, 0.4) is 0 Å². The number of β-lactam (4-membered cyclic amide) rings is 1. The summed E-state index contributed by atoms with van der Waals surface area (Å²) in [6, 6.07) is 2.30. The summed E-state index contributed by atoms with van der Waals surface area (Å²) in [5, 5.41) is 12.0. The van der Waals surface area contributed by atoms with E-state index in [4.69, 9.17) is 4.74 Å². The van der Waals surface area contributed by atoms with Crippen molar-refractivity contribution < 1.29 is 24.2 Å². The number of hydrogen-bond acceptors (Lipinski definition) is 5. The zero-order valence-corrected chi connectivity index (χ0v) is 15.1. The Kier molecular flexibility index (Phi) is 4.73. The van der Waals surface area contributed by atoms with Gasteiger partial charge in [0.15, 0.2) is 0 Å². The topological polar surface area (TPSA) is 109 Å². The first-order chi connectivity index (χ1) is 12.7. The van der Waals surface area contributed by atoms with Crippen LogP contribution in [-0.2, 0) is 14.3 Å². The highest BCUT2D eigenvalue weighted by atomic mass is 16.5. The van der Waals surface area contributed by atoms with Crippen LogP contribution >= 0.6 is 0 Å². The molecule has 0 aliphatic carbocycles. The van der Waals surface area contributed by atoms with Gasteiger partial charge >= 0.3 is 12.1 Å². The molecule has 2 fully saturated rings. The summed E-state index contributed by atoms with van der Waals surface area (Å²) >= 11 is 0. The number of fused-ring (bicyclic) bond motifs is 1. The van der Waals surface area contributed by atoms with Crippen LogP contribution < -0.4 is 5.32 Å². The van der Waals surface area contributed by atoms with Crippen molar-refractivity contribution in [1.29, 1.82) is 0 Å². The van der Waals surface area contributed by atoms with E-state index in [0.717, 1.165) is 0 Å². The highest BCUT2D eigenvalue weighted by Gasteiger charge is 2.60.